The van der Waals surface area contributed by atoms with Crippen LogP contribution in [0.3, 0.4) is 0 Å². The molecule has 0 spiro atoms. The monoisotopic (exact) mass is 531 g/mol. The molecule has 1 heterocycles. The standard InChI is InChI=1S/C20H23I2N/c1-19(2,3)13-10-12-11-8-7-9-14(21)17(11)23-18(12)16(22)15(13)20(4,5)6/h7-10,23H,1-6H3. The summed E-state index contributed by atoms with van der Waals surface area (Å²) in [7, 11) is 0. The third-order valence-corrected chi connectivity index (χ3v) is 6.36. The molecule has 0 saturated carbocycles. The van der Waals surface area contributed by atoms with E-state index in [1.165, 1.54) is 40.1 Å². The topological polar surface area (TPSA) is 15.8 Å². The van der Waals surface area contributed by atoms with Crippen LogP contribution in [0.5, 0.6) is 0 Å². The first-order valence-electron chi connectivity index (χ1n) is 7.95. The van der Waals surface area contributed by atoms with Crippen molar-refractivity contribution in [3.63, 3.8) is 0 Å². The third kappa shape index (κ3) is 2.92. The predicted octanol–water partition coefficient (Wildman–Crippen LogP) is 7.13. The number of H-pyrrole nitrogens is 1. The minimum Gasteiger partial charge on any atom is -0.353 e. The molecule has 0 aliphatic carbocycles. The molecule has 0 amide bonds. The maximum absolute atomic E-state index is 3.69. The van der Waals surface area contributed by atoms with Crippen LogP contribution >= 0.6 is 45.2 Å². The summed E-state index contributed by atoms with van der Waals surface area (Å²) in [5.41, 5.74) is 5.72. The van der Waals surface area contributed by atoms with Crippen LogP contribution in [0.15, 0.2) is 24.3 Å². The number of fused-ring (bicyclic) bond motifs is 3. The van der Waals surface area contributed by atoms with Crippen molar-refractivity contribution in [2.24, 2.45) is 0 Å². The lowest BCUT2D eigenvalue weighted by atomic mass is 9.74. The average Bonchev–Trinajstić information content (AvgIpc) is 2.77. The van der Waals surface area contributed by atoms with Crippen LogP contribution in [-0.2, 0) is 10.8 Å². The lowest BCUT2D eigenvalue weighted by Gasteiger charge is -2.31. The molecule has 0 atom stereocenters. The Labute approximate surface area is 165 Å². The van der Waals surface area contributed by atoms with E-state index in [0.717, 1.165) is 0 Å². The highest BCUT2D eigenvalue weighted by atomic mass is 127. The van der Waals surface area contributed by atoms with E-state index >= 15 is 0 Å². The maximum atomic E-state index is 3.69. The Morgan fingerprint density at radius 3 is 2.04 bits per heavy atom. The smallest absolute Gasteiger partial charge is 0.0604 e. The summed E-state index contributed by atoms with van der Waals surface area (Å²) in [4.78, 5) is 3.69. The van der Waals surface area contributed by atoms with E-state index in [1.54, 1.807) is 0 Å². The quantitative estimate of drug-likeness (QED) is 0.298. The Balaban J connectivity index is 2.55. The minimum atomic E-state index is 0.123. The summed E-state index contributed by atoms with van der Waals surface area (Å²) in [6, 6.07) is 8.97. The fourth-order valence-corrected chi connectivity index (χ4v) is 5.47. The van der Waals surface area contributed by atoms with E-state index in [1.807, 2.05) is 0 Å². The fraction of sp³-hybridized carbons (Fsp3) is 0.400. The first-order chi connectivity index (χ1) is 10.5. The zero-order chi connectivity index (χ0) is 17.2. The Morgan fingerprint density at radius 2 is 1.48 bits per heavy atom. The Morgan fingerprint density at radius 1 is 0.826 bits per heavy atom. The van der Waals surface area contributed by atoms with E-state index in [-0.39, 0.29) is 10.8 Å². The Hall–Kier alpha value is -0.300. The molecular weight excluding hydrogens is 508 g/mol. The van der Waals surface area contributed by atoms with Crippen molar-refractivity contribution in [1.29, 1.82) is 0 Å². The van der Waals surface area contributed by atoms with Crippen LogP contribution in [0.1, 0.15) is 52.7 Å². The molecule has 1 aromatic heterocycles. The molecule has 0 saturated heterocycles. The number of nitrogens with one attached hydrogen (secondary N) is 1. The van der Waals surface area contributed by atoms with Crippen molar-refractivity contribution < 1.29 is 0 Å². The molecule has 0 unspecified atom stereocenters. The summed E-state index contributed by atoms with van der Waals surface area (Å²) in [6.45, 7) is 13.9. The van der Waals surface area contributed by atoms with Crippen molar-refractivity contribution >= 4 is 67.0 Å². The van der Waals surface area contributed by atoms with E-state index in [9.17, 15) is 0 Å². The van der Waals surface area contributed by atoms with Crippen LogP contribution in [0.25, 0.3) is 21.8 Å². The second-order valence-electron chi connectivity index (χ2n) is 8.32. The van der Waals surface area contributed by atoms with Gasteiger partial charge in [0.05, 0.1) is 11.0 Å². The van der Waals surface area contributed by atoms with Gasteiger partial charge in [0.25, 0.3) is 0 Å². The summed E-state index contributed by atoms with van der Waals surface area (Å²) in [5, 5.41) is 2.68. The van der Waals surface area contributed by atoms with Gasteiger partial charge in [-0.25, -0.2) is 0 Å². The van der Waals surface area contributed by atoms with Gasteiger partial charge in [-0.15, -0.1) is 0 Å². The van der Waals surface area contributed by atoms with E-state index in [2.05, 4.69) is 116 Å². The molecule has 23 heavy (non-hydrogen) atoms. The van der Waals surface area contributed by atoms with Crippen LogP contribution in [0, 0.1) is 7.14 Å². The molecule has 0 fully saturated rings. The molecule has 3 heteroatoms. The lowest BCUT2D eigenvalue weighted by molar-refractivity contribution is 0.529. The first kappa shape index (κ1) is 17.5. The molecule has 2 aromatic carbocycles. The average molecular weight is 531 g/mol. The summed E-state index contributed by atoms with van der Waals surface area (Å²) < 4.78 is 2.64. The second kappa shape index (κ2) is 5.61. The van der Waals surface area contributed by atoms with Gasteiger partial charge < -0.3 is 4.98 Å². The van der Waals surface area contributed by atoms with Crippen molar-refractivity contribution in [2.75, 3.05) is 0 Å². The lowest BCUT2D eigenvalue weighted by Crippen LogP contribution is -2.23. The highest BCUT2D eigenvalue weighted by Gasteiger charge is 2.29. The van der Waals surface area contributed by atoms with Gasteiger partial charge >= 0.3 is 0 Å². The van der Waals surface area contributed by atoms with Crippen LogP contribution < -0.4 is 0 Å². The zero-order valence-electron chi connectivity index (χ0n) is 14.6. The van der Waals surface area contributed by atoms with Crippen molar-refractivity contribution in [3.8, 4) is 0 Å². The van der Waals surface area contributed by atoms with Gasteiger partial charge in [-0.3, -0.25) is 0 Å². The number of aromatic nitrogens is 1. The highest BCUT2D eigenvalue weighted by Crippen LogP contribution is 2.42. The largest absolute Gasteiger partial charge is 0.353 e. The van der Waals surface area contributed by atoms with E-state index in [0.29, 0.717) is 0 Å². The van der Waals surface area contributed by atoms with Crippen LogP contribution in [0.4, 0.5) is 0 Å². The molecule has 3 rings (SSSR count). The third-order valence-electron chi connectivity index (χ3n) is 4.38. The molecule has 3 aromatic rings. The number of benzene rings is 2. The second-order valence-corrected chi connectivity index (χ2v) is 10.6. The summed E-state index contributed by atoms with van der Waals surface area (Å²) in [6.07, 6.45) is 0. The van der Waals surface area contributed by atoms with Crippen molar-refractivity contribution in [2.45, 2.75) is 52.4 Å². The Kier molecular flexibility index (Phi) is 4.28. The number of hydrogen-bond donors (Lipinski definition) is 1. The van der Waals surface area contributed by atoms with Crippen LogP contribution in [-0.4, -0.2) is 4.98 Å². The normalized spacial score (nSPS) is 13.2. The van der Waals surface area contributed by atoms with Gasteiger partial charge in [-0.1, -0.05) is 53.7 Å². The first-order valence-corrected chi connectivity index (χ1v) is 10.1. The fourth-order valence-electron chi connectivity index (χ4n) is 3.31. The van der Waals surface area contributed by atoms with Gasteiger partial charge in [-0.05, 0) is 79.3 Å². The Bertz CT molecular complexity index is 905. The van der Waals surface area contributed by atoms with Gasteiger partial charge in [0.1, 0.15) is 0 Å². The number of para-hydroxylation sites is 1. The molecule has 1 nitrogen and oxygen atoms in total. The van der Waals surface area contributed by atoms with Crippen molar-refractivity contribution in [3.05, 3.63) is 42.5 Å². The minimum absolute atomic E-state index is 0.123. The molecule has 122 valence electrons. The molecular formula is C20H23I2N. The van der Waals surface area contributed by atoms with Gasteiger partial charge in [0.15, 0.2) is 0 Å². The molecule has 0 aliphatic heterocycles. The van der Waals surface area contributed by atoms with Crippen molar-refractivity contribution in [1.82, 2.24) is 4.98 Å². The molecule has 0 aliphatic rings. The molecule has 1 N–H and O–H groups in total. The zero-order valence-corrected chi connectivity index (χ0v) is 18.9. The number of halogens is 2. The van der Waals surface area contributed by atoms with Gasteiger partial charge in [0, 0.05) is 17.9 Å². The number of aromatic amines is 1. The summed E-state index contributed by atoms with van der Waals surface area (Å²) in [5.74, 6) is 0. The predicted molar refractivity (Wildman–Crippen MR) is 119 cm³/mol. The van der Waals surface area contributed by atoms with Gasteiger partial charge in [0.2, 0.25) is 0 Å². The maximum Gasteiger partial charge on any atom is 0.0604 e. The molecule has 0 radical (unpaired) electrons. The summed E-state index contributed by atoms with van der Waals surface area (Å²) >= 11 is 4.96. The number of hydrogen-bond acceptors (Lipinski definition) is 0. The van der Waals surface area contributed by atoms with E-state index in [4.69, 9.17) is 0 Å². The molecule has 0 bridgehead atoms. The number of rotatable bonds is 0. The SMILES string of the molecule is CC(C)(C)c1cc2c([nH]c3c(I)cccc32)c(I)c1C(C)(C)C. The van der Waals surface area contributed by atoms with E-state index < -0.39 is 0 Å². The van der Waals surface area contributed by atoms with Gasteiger partial charge in [-0.2, -0.15) is 0 Å². The van der Waals surface area contributed by atoms with Crippen LogP contribution in [0.2, 0.25) is 0 Å². The highest BCUT2D eigenvalue weighted by molar-refractivity contribution is 14.1.